The van der Waals surface area contributed by atoms with Crippen molar-refractivity contribution in [3.8, 4) is 0 Å². The number of hydrogen-bond acceptors (Lipinski definition) is 3. The first kappa shape index (κ1) is 5.70. The maximum Gasteiger partial charge on any atom is 0.294 e. The van der Waals surface area contributed by atoms with Crippen LogP contribution in [0.25, 0.3) is 11.0 Å². The van der Waals surface area contributed by atoms with Crippen LogP contribution in [0.2, 0.25) is 0 Å². The Kier molecular flexibility index (Phi) is 1.09. The highest BCUT2D eigenvalue weighted by atomic mass is 16.6. The van der Waals surface area contributed by atoms with Crippen LogP contribution in [0.3, 0.4) is 0 Å². The fraction of sp³-hybridized carbons (Fsp3) is 0. The van der Waals surface area contributed by atoms with Gasteiger partial charge in [-0.15, -0.1) is 0 Å². The molecule has 1 N–H and O–H groups in total. The van der Waals surface area contributed by atoms with Crippen molar-refractivity contribution >= 4 is 16.7 Å². The van der Waals surface area contributed by atoms with Gasteiger partial charge in [0.1, 0.15) is 6.89 Å². The van der Waals surface area contributed by atoms with Gasteiger partial charge in [-0.2, -0.15) is 0 Å². The van der Waals surface area contributed by atoms with Crippen LogP contribution in [0.1, 0.15) is 1.37 Å². The lowest BCUT2D eigenvalue weighted by Crippen LogP contribution is -1.88. The maximum atomic E-state index is 10.5. The van der Waals surface area contributed by atoms with Crippen LogP contribution >= 0.6 is 0 Å². The molecule has 0 unspecified atom stereocenters. The molecule has 1 aromatic carbocycles. The minimum atomic E-state index is -0.500. The van der Waals surface area contributed by atoms with Crippen molar-refractivity contribution in [2.75, 3.05) is 0 Å². The fourth-order valence-corrected chi connectivity index (χ4v) is 1.05. The van der Waals surface area contributed by atoms with Crippen molar-refractivity contribution in [1.29, 1.82) is 0 Å². The van der Waals surface area contributed by atoms with Gasteiger partial charge in [0.2, 0.25) is 0 Å². The number of fused-ring (bicyclic) bond motifs is 1. The van der Waals surface area contributed by atoms with Crippen molar-refractivity contribution in [2.24, 2.45) is 0 Å². The number of nitro benzene ring substituents is 1. The molecule has 60 valence electrons. The summed E-state index contributed by atoms with van der Waals surface area (Å²) in [5.41, 5.74) is 0.695. The van der Waals surface area contributed by atoms with Gasteiger partial charge in [-0.05, 0) is 6.07 Å². The van der Waals surface area contributed by atoms with E-state index in [2.05, 4.69) is 9.97 Å². The number of rotatable bonds is 1. The van der Waals surface area contributed by atoms with Crippen LogP contribution in [0.15, 0.2) is 24.5 Å². The second-order valence-electron chi connectivity index (χ2n) is 2.28. The van der Waals surface area contributed by atoms with Crippen LogP contribution in [-0.4, -0.2) is 14.9 Å². The molecule has 0 aliphatic heterocycles. The minimum absolute atomic E-state index is 0.0523. The topological polar surface area (TPSA) is 71.8 Å². The molecular weight excluding hydrogens is 158 g/mol. The second-order valence-corrected chi connectivity index (χ2v) is 2.28. The third-order valence-corrected chi connectivity index (χ3v) is 1.57. The van der Waals surface area contributed by atoms with Crippen molar-refractivity contribution in [1.82, 2.24) is 9.97 Å². The van der Waals surface area contributed by atoms with E-state index in [0.29, 0.717) is 11.0 Å². The van der Waals surface area contributed by atoms with Gasteiger partial charge in [0.15, 0.2) is 0 Å². The van der Waals surface area contributed by atoms with E-state index in [1.54, 1.807) is 12.1 Å². The molecule has 0 radical (unpaired) electrons. The number of para-hydroxylation sites is 1. The number of nitrogens with zero attached hydrogens (tertiary/aromatic N) is 2. The average molecular weight is 164 g/mol. The lowest BCUT2D eigenvalue weighted by atomic mass is 10.3. The number of benzene rings is 1. The standard InChI is InChI=1S/C7H5N3O2/c11-10(12)6-3-1-2-5-7(6)9-4-8-5/h1-4H,(H,8,9)/i4D. The molecule has 1 heterocycles. The molecular formula is C7H5N3O2. The molecule has 0 saturated heterocycles. The zero-order valence-electron chi connectivity index (χ0n) is 6.94. The van der Waals surface area contributed by atoms with E-state index in [9.17, 15) is 10.1 Å². The van der Waals surface area contributed by atoms with E-state index in [-0.39, 0.29) is 12.0 Å². The molecule has 5 heteroatoms. The van der Waals surface area contributed by atoms with Gasteiger partial charge in [-0.1, -0.05) is 6.07 Å². The zero-order chi connectivity index (χ0) is 9.42. The molecule has 0 saturated carbocycles. The average Bonchev–Trinajstić information content (AvgIpc) is 2.43. The molecule has 12 heavy (non-hydrogen) atoms. The van der Waals surface area contributed by atoms with E-state index >= 15 is 0 Å². The van der Waals surface area contributed by atoms with Crippen LogP contribution in [0.5, 0.6) is 0 Å². The molecule has 0 aliphatic rings. The van der Waals surface area contributed by atoms with Gasteiger partial charge in [-0.25, -0.2) is 4.98 Å². The van der Waals surface area contributed by atoms with Gasteiger partial charge in [0, 0.05) is 6.07 Å². The highest BCUT2D eigenvalue weighted by Gasteiger charge is 2.11. The van der Waals surface area contributed by atoms with E-state index in [0.717, 1.165) is 0 Å². The molecule has 2 rings (SSSR count). The summed E-state index contributed by atoms with van der Waals surface area (Å²) in [6, 6.07) is 4.54. The smallest absolute Gasteiger partial charge is 0.294 e. The minimum Gasteiger partial charge on any atom is -0.339 e. The third-order valence-electron chi connectivity index (χ3n) is 1.57. The number of aromatic nitrogens is 2. The van der Waals surface area contributed by atoms with Crippen molar-refractivity contribution in [2.45, 2.75) is 0 Å². The largest absolute Gasteiger partial charge is 0.339 e. The Bertz CT molecular complexity index is 480. The summed E-state index contributed by atoms with van der Waals surface area (Å²) in [5, 5.41) is 10.5. The molecule has 1 aromatic heterocycles. The molecule has 0 amide bonds. The van der Waals surface area contributed by atoms with E-state index in [1.165, 1.54) is 6.07 Å². The number of nitrogens with one attached hydrogen (secondary N) is 1. The number of H-pyrrole nitrogens is 1. The predicted octanol–water partition coefficient (Wildman–Crippen LogP) is 1.47. The lowest BCUT2D eigenvalue weighted by molar-refractivity contribution is -0.383. The summed E-state index contributed by atoms with van der Waals surface area (Å²) in [4.78, 5) is 16.3. The highest BCUT2D eigenvalue weighted by Crippen LogP contribution is 2.21. The summed E-state index contributed by atoms with van der Waals surface area (Å²) in [5.74, 6) is 0. The summed E-state index contributed by atoms with van der Waals surface area (Å²) in [7, 11) is 0. The first-order valence-electron chi connectivity index (χ1n) is 3.78. The van der Waals surface area contributed by atoms with Gasteiger partial charge in [0.05, 0.1) is 16.7 Å². The Morgan fingerprint density at radius 3 is 3.25 bits per heavy atom. The summed E-state index contributed by atoms with van der Waals surface area (Å²) in [6.45, 7) is 0. The van der Waals surface area contributed by atoms with E-state index in [1.807, 2.05) is 0 Å². The Morgan fingerprint density at radius 2 is 2.50 bits per heavy atom. The lowest BCUT2D eigenvalue weighted by Gasteiger charge is -1.90. The summed E-state index contributed by atoms with van der Waals surface area (Å²) < 4.78 is 7.17. The normalized spacial score (nSPS) is 11.5. The van der Waals surface area contributed by atoms with Crippen molar-refractivity contribution < 1.29 is 6.29 Å². The van der Waals surface area contributed by atoms with Gasteiger partial charge < -0.3 is 4.98 Å². The Hall–Kier alpha value is -1.91. The van der Waals surface area contributed by atoms with Crippen LogP contribution in [0, 0.1) is 10.1 Å². The third kappa shape index (κ3) is 0.833. The Balaban J connectivity index is 2.82. The Morgan fingerprint density at radius 1 is 1.67 bits per heavy atom. The fourth-order valence-electron chi connectivity index (χ4n) is 1.05. The Labute approximate surface area is 68.6 Å². The molecule has 5 nitrogen and oxygen atoms in total. The van der Waals surface area contributed by atoms with Crippen LogP contribution in [0.4, 0.5) is 5.69 Å². The summed E-state index contributed by atoms with van der Waals surface area (Å²) >= 11 is 0. The molecule has 0 bridgehead atoms. The number of nitro groups is 1. The quantitative estimate of drug-likeness (QED) is 0.512. The molecule has 0 atom stereocenters. The van der Waals surface area contributed by atoms with Gasteiger partial charge in [0.25, 0.3) is 5.69 Å². The molecule has 0 fully saturated rings. The second kappa shape index (κ2) is 2.30. The number of hydrogen-bond donors (Lipinski definition) is 1. The first-order valence-corrected chi connectivity index (χ1v) is 3.28. The number of imidazole rings is 1. The van der Waals surface area contributed by atoms with Gasteiger partial charge >= 0.3 is 0 Å². The number of non-ortho nitro benzene ring substituents is 1. The first-order chi connectivity index (χ1) is 6.18. The zero-order valence-corrected chi connectivity index (χ0v) is 5.94. The van der Waals surface area contributed by atoms with E-state index < -0.39 is 4.92 Å². The number of aromatic amines is 1. The van der Waals surface area contributed by atoms with Gasteiger partial charge in [-0.3, -0.25) is 10.1 Å². The molecule has 0 spiro atoms. The molecule has 0 aliphatic carbocycles. The highest BCUT2D eigenvalue weighted by molar-refractivity contribution is 5.83. The summed E-state index contributed by atoms with van der Waals surface area (Å²) in [6.07, 6.45) is -0.0655. The monoisotopic (exact) mass is 164 g/mol. The maximum absolute atomic E-state index is 10.5. The van der Waals surface area contributed by atoms with Crippen molar-refractivity contribution in [3.05, 3.63) is 34.6 Å². The molecule has 2 aromatic rings. The van der Waals surface area contributed by atoms with Crippen molar-refractivity contribution in [3.63, 3.8) is 0 Å². The van der Waals surface area contributed by atoms with Crippen LogP contribution < -0.4 is 0 Å². The predicted molar refractivity (Wildman–Crippen MR) is 42.7 cm³/mol. The van der Waals surface area contributed by atoms with E-state index in [4.69, 9.17) is 1.37 Å². The van der Waals surface area contributed by atoms with Crippen LogP contribution in [-0.2, 0) is 0 Å². The SMILES string of the molecule is [2H]c1nc2cccc([N+](=O)[O-])c2[nH]1.